The monoisotopic (exact) mass is 456 g/mol. The average Bonchev–Trinajstić information content (AvgIpc) is 3.44. The largest absolute Gasteiger partial charge is 0.427 e. The zero-order valence-corrected chi connectivity index (χ0v) is 19.6. The van der Waals surface area contributed by atoms with Crippen molar-refractivity contribution in [2.75, 3.05) is 0 Å². The molecule has 0 radical (unpaired) electrons. The summed E-state index contributed by atoms with van der Waals surface area (Å²) >= 11 is 6.43. The molecular formula is C26H26ClFO4. The molecule has 0 amide bonds. The number of hydrogen-bond acceptors (Lipinski definition) is 4. The maximum absolute atomic E-state index is 15.0. The molecule has 0 spiro atoms. The van der Waals surface area contributed by atoms with Crippen molar-refractivity contribution in [3.63, 3.8) is 0 Å². The first kappa shape index (κ1) is 22.7. The van der Waals surface area contributed by atoms with E-state index in [-0.39, 0.29) is 22.9 Å². The molecule has 6 heteroatoms. The third kappa shape index (κ3) is 4.00. The quantitative estimate of drug-likeness (QED) is 0.409. The van der Waals surface area contributed by atoms with Crippen molar-refractivity contribution < 1.29 is 23.5 Å². The molecule has 4 nitrogen and oxygen atoms in total. The van der Waals surface area contributed by atoms with E-state index < -0.39 is 22.0 Å². The van der Waals surface area contributed by atoms with Crippen LogP contribution in [-0.2, 0) is 23.9 Å². The summed E-state index contributed by atoms with van der Waals surface area (Å²) in [5.74, 6) is -1.08. The lowest BCUT2D eigenvalue weighted by Crippen LogP contribution is -2.50. The van der Waals surface area contributed by atoms with E-state index in [4.69, 9.17) is 21.1 Å². The summed E-state index contributed by atoms with van der Waals surface area (Å²) in [5.41, 5.74) is 0.454. The smallest absolute Gasteiger partial charge is 0.307 e. The van der Waals surface area contributed by atoms with Crippen LogP contribution in [0, 0.1) is 5.82 Å². The molecule has 0 bridgehead atoms. The van der Waals surface area contributed by atoms with Gasteiger partial charge in [-0.2, -0.15) is 0 Å². The number of halogens is 2. The van der Waals surface area contributed by atoms with Crippen LogP contribution in [0.25, 0.3) is 16.7 Å². The van der Waals surface area contributed by atoms with Crippen LogP contribution in [0.5, 0.6) is 0 Å². The number of benzene rings is 2. The Morgan fingerprint density at radius 3 is 2.28 bits per heavy atom. The minimum atomic E-state index is -1.12. The van der Waals surface area contributed by atoms with Crippen LogP contribution < -0.4 is 0 Å². The molecule has 0 N–H and O–H groups in total. The van der Waals surface area contributed by atoms with Crippen LogP contribution in [-0.4, -0.2) is 23.0 Å². The molecule has 4 rings (SSSR count). The van der Waals surface area contributed by atoms with Crippen molar-refractivity contribution >= 4 is 28.9 Å². The Bertz CT molecular complexity index is 1160. The molecule has 1 heterocycles. The number of alkyl halides is 1. The van der Waals surface area contributed by atoms with Gasteiger partial charge in [-0.05, 0) is 69.4 Å². The van der Waals surface area contributed by atoms with Crippen molar-refractivity contribution in [3.8, 4) is 11.1 Å². The van der Waals surface area contributed by atoms with E-state index in [9.17, 15) is 9.59 Å². The number of carbonyl (C=O) groups excluding carboxylic acids is 2. The van der Waals surface area contributed by atoms with E-state index >= 15 is 4.39 Å². The predicted octanol–water partition coefficient (Wildman–Crippen LogP) is 6.15. The molecule has 1 fully saturated rings. The normalized spacial score (nSPS) is 20.8. The zero-order chi connectivity index (χ0) is 23.5. The van der Waals surface area contributed by atoms with Gasteiger partial charge in [-0.3, -0.25) is 9.59 Å². The van der Waals surface area contributed by atoms with Crippen molar-refractivity contribution in [1.29, 1.82) is 0 Å². The summed E-state index contributed by atoms with van der Waals surface area (Å²) in [5, 5.41) is 0. The van der Waals surface area contributed by atoms with Crippen molar-refractivity contribution in [3.05, 3.63) is 65.2 Å². The van der Waals surface area contributed by atoms with Gasteiger partial charge in [0.15, 0.2) is 11.5 Å². The summed E-state index contributed by atoms with van der Waals surface area (Å²) in [7, 11) is 0. The van der Waals surface area contributed by atoms with Crippen LogP contribution in [0.15, 0.2) is 48.2 Å². The Labute approximate surface area is 192 Å². The highest BCUT2D eigenvalue weighted by Gasteiger charge is 2.48. The van der Waals surface area contributed by atoms with Gasteiger partial charge in [0.1, 0.15) is 17.0 Å². The second-order valence-corrected chi connectivity index (χ2v) is 10.2. The molecule has 0 unspecified atom stereocenters. The lowest BCUT2D eigenvalue weighted by molar-refractivity contribution is -0.165. The van der Waals surface area contributed by atoms with Crippen LogP contribution in [0.4, 0.5) is 4.39 Å². The van der Waals surface area contributed by atoms with E-state index in [1.54, 1.807) is 58.0 Å². The van der Waals surface area contributed by atoms with Crippen molar-refractivity contribution in [1.82, 2.24) is 0 Å². The lowest BCUT2D eigenvalue weighted by atomic mass is 9.82. The second kappa shape index (κ2) is 7.53. The van der Waals surface area contributed by atoms with Crippen LogP contribution in [0.3, 0.4) is 0 Å². The third-order valence-corrected chi connectivity index (χ3v) is 6.54. The van der Waals surface area contributed by atoms with Crippen molar-refractivity contribution in [2.45, 2.75) is 63.5 Å². The fourth-order valence-electron chi connectivity index (χ4n) is 4.28. The second-order valence-electron chi connectivity index (χ2n) is 9.49. The van der Waals surface area contributed by atoms with Crippen LogP contribution >= 0.6 is 11.6 Å². The van der Waals surface area contributed by atoms with E-state index in [1.807, 2.05) is 6.07 Å². The minimum absolute atomic E-state index is 0.153. The molecule has 1 aliphatic carbocycles. The highest BCUT2D eigenvalue weighted by atomic mass is 35.5. The first-order valence-corrected chi connectivity index (χ1v) is 11.0. The molecule has 1 aliphatic heterocycles. The van der Waals surface area contributed by atoms with Gasteiger partial charge >= 0.3 is 5.97 Å². The van der Waals surface area contributed by atoms with Gasteiger partial charge in [0.2, 0.25) is 0 Å². The van der Waals surface area contributed by atoms with E-state index in [2.05, 4.69) is 0 Å². The first-order valence-electron chi connectivity index (χ1n) is 10.6. The first-order chi connectivity index (χ1) is 14.8. The third-order valence-electron chi connectivity index (χ3n) is 5.94. The molecule has 1 saturated carbocycles. The van der Waals surface area contributed by atoms with Crippen molar-refractivity contribution in [2.24, 2.45) is 0 Å². The number of rotatable bonds is 4. The molecule has 2 aromatic rings. The molecule has 2 aromatic carbocycles. The van der Waals surface area contributed by atoms with Crippen LogP contribution in [0.2, 0.25) is 0 Å². The molecular weight excluding hydrogens is 431 g/mol. The lowest BCUT2D eigenvalue weighted by Gasteiger charge is -2.41. The summed E-state index contributed by atoms with van der Waals surface area (Å²) < 4.78 is 26.5. The van der Waals surface area contributed by atoms with E-state index in [0.29, 0.717) is 16.7 Å². The summed E-state index contributed by atoms with van der Waals surface area (Å²) in [6.45, 7) is 8.15. The van der Waals surface area contributed by atoms with Crippen LogP contribution in [0.1, 0.15) is 58.6 Å². The fraction of sp³-hybridized carbons (Fsp3) is 0.385. The highest BCUT2D eigenvalue weighted by molar-refractivity contribution is 6.26. The predicted molar refractivity (Wildman–Crippen MR) is 122 cm³/mol. The number of Topliss-reactive ketones (excluding diaryl/α,β-unsaturated/α-hetero) is 1. The number of carbonyl (C=O) groups is 2. The Morgan fingerprint density at radius 1 is 1.03 bits per heavy atom. The zero-order valence-electron chi connectivity index (χ0n) is 18.8. The van der Waals surface area contributed by atoms with Gasteiger partial charge in [0, 0.05) is 12.5 Å². The number of hydrogen-bond donors (Lipinski definition) is 0. The summed E-state index contributed by atoms with van der Waals surface area (Å²) in [6.07, 6.45) is 1.68. The molecule has 32 heavy (non-hydrogen) atoms. The van der Waals surface area contributed by atoms with Gasteiger partial charge in [-0.25, -0.2) is 4.39 Å². The SMILES string of the molecule is CC(=O)OC1=C(c2cccc(-c3ccc(C4(Cl)CC4)cc3F)c2)C(=O)C(C)(C)OC1(C)C. The van der Waals surface area contributed by atoms with Gasteiger partial charge in [-0.1, -0.05) is 30.3 Å². The average molecular weight is 457 g/mol. The molecule has 2 aliphatic rings. The molecule has 0 saturated heterocycles. The maximum Gasteiger partial charge on any atom is 0.307 e. The number of ketones is 1. The van der Waals surface area contributed by atoms with Gasteiger partial charge < -0.3 is 9.47 Å². The molecule has 168 valence electrons. The number of esters is 1. The topological polar surface area (TPSA) is 52.6 Å². The van der Waals surface area contributed by atoms with E-state index in [0.717, 1.165) is 18.4 Å². The Balaban J connectivity index is 1.84. The minimum Gasteiger partial charge on any atom is -0.427 e. The fourth-order valence-corrected chi connectivity index (χ4v) is 4.50. The highest BCUT2D eigenvalue weighted by Crippen LogP contribution is 2.52. The maximum atomic E-state index is 15.0. The summed E-state index contributed by atoms with van der Waals surface area (Å²) in [4.78, 5) is 24.7. The standard InChI is InChI=1S/C26H26ClFO4/c1-15(29)31-23-21(22(30)24(2,3)32-25(23,4)5)17-8-6-7-16(13-17)19-10-9-18(14-20(19)28)26(27)11-12-26/h6-10,13-14H,11-12H2,1-5H3. The molecule has 0 aromatic heterocycles. The Morgan fingerprint density at radius 2 is 1.69 bits per heavy atom. The van der Waals surface area contributed by atoms with Gasteiger partial charge in [0.25, 0.3) is 0 Å². The summed E-state index contributed by atoms with van der Waals surface area (Å²) in [6, 6.07) is 12.1. The van der Waals surface area contributed by atoms with Gasteiger partial charge in [0.05, 0.1) is 10.4 Å². The Kier molecular flexibility index (Phi) is 5.34. The Hall–Kier alpha value is -2.50. The van der Waals surface area contributed by atoms with Gasteiger partial charge in [-0.15, -0.1) is 11.6 Å². The van der Waals surface area contributed by atoms with E-state index in [1.165, 1.54) is 13.0 Å². The number of ether oxygens (including phenoxy) is 2. The molecule has 0 atom stereocenters.